The highest BCUT2D eigenvalue weighted by molar-refractivity contribution is 7.89. The fourth-order valence-corrected chi connectivity index (χ4v) is 6.94. The number of imide groups is 1. The second-order valence-corrected chi connectivity index (χ2v) is 14.1. The quantitative estimate of drug-likeness (QED) is 0.101. The molecule has 0 bridgehead atoms. The third kappa shape index (κ3) is 8.17. The van der Waals surface area contributed by atoms with Gasteiger partial charge in [0.1, 0.15) is 0 Å². The van der Waals surface area contributed by atoms with Gasteiger partial charge in [0, 0.05) is 36.7 Å². The standard InChI is InChI=1S/C38H39N7O5S/c39-38(40)44-23-27-9-7-26(8-10-27)22-43-33-17-16-32-35-30(33)5-2-6-31(35)36(47)45(37(32)48)28-4-1-3-25(21-28)13-18-34(46)42-20-19-24-11-14-29(15-12-24)51(41,49)50/h1-12,14-17,21,32,35,43H,13,18-20,22-23H2,(H,42,46)(H4,39,40,44)(H2,41,49,50). The number of carbonyl (C=O) groups excluding carboxylic acids is 3. The molecule has 0 spiro atoms. The van der Waals surface area contributed by atoms with Crippen LogP contribution in [0.2, 0.25) is 0 Å². The fraction of sp³-hybridized carbons (Fsp3) is 0.211. The first-order valence-electron chi connectivity index (χ1n) is 16.5. The molecule has 0 saturated carbocycles. The largest absolute Gasteiger partial charge is 0.381 e. The van der Waals surface area contributed by atoms with Crippen LogP contribution < -0.4 is 32.1 Å². The van der Waals surface area contributed by atoms with Crippen molar-refractivity contribution in [3.05, 3.63) is 142 Å². The number of rotatable bonds is 13. The Hall–Kier alpha value is -5.79. The number of guanidine groups is 1. The van der Waals surface area contributed by atoms with Gasteiger partial charge in [0.05, 0.1) is 23.0 Å². The molecule has 3 aliphatic rings. The van der Waals surface area contributed by atoms with Crippen molar-refractivity contribution in [2.24, 2.45) is 33.4 Å². The molecule has 262 valence electrons. The molecule has 3 amide bonds. The lowest BCUT2D eigenvalue weighted by atomic mass is 9.70. The van der Waals surface area contributed by atoms with E-state index in [1.54, 1.807) is 36.4 Å². The van der Waals surface area contributed by atoms with Crippen LogP contribution in [0.25, 0.3) is 0 Å². The number of allylic oxidation sites excluding steroid dienone is 5. The summed E-state index contributed by atoms with van der Waals surface area (Å²) < 4.78 is 22.9. The lowest BCUT2D eigenvalue weighted by Crippen LogP contribution is -2.52. The van der Waals surface area contributed by atoms with Crippen molar-refractivity contribution in [2.75, 3.05) is 11.4 Å². The Morgan fingerprint density at radius 2 is 1.61 bits per heavy atom. The van der Waals surface area contributed by atoms with E-state index in [9.17, 15) is 22.8 Å². The van der Waals surface area contributed by atoms with Crippen LogP contribution in [0, 0.1) is 11.8 Å². The summed E-state index contributed by atoms with van der Waals surface area (Å²) in [5, 5.41) is 11.5. The van der Waals surface area contributed by atoms with Crippen molar-refractivity contribution in [1.29, 1.82) is 0 Å². The number of hydrogen-bond donors (Lipinski definition) is 5. The molecule has 1 heterocycles. The molecule has 2 atom stereocenters. The minimum absolute atomic E-state index is 0.0354. The molecule has 1 aliphatic heterocycles. The molecular formula is C38H39N7O5S. The fourth-order valence-electron chi connectivity index (χ4n) is 6.43. The number of hydrogen-bond acceptors (Lipinski definition) is 7. The van der Waals surface area contributed by atoms with E-state index < -0.39 is 15.9 Å². The molecule has 1 saturated heterocycles. The Labute approximate surface area is 296 Å². The Kier molecular flexibility index (Phi) is 10.3. The van der Waals surface area contributed by atoms with Crippen molar-refractivity contribution in [3.8, 4) is 0 Å². The Balaban J connectivity index is 1.06. The van der Waals surface area contributed by atoms with Gasteiger partial charge in [-0.2, -0.15) is 0 Å². The van der Waals surface area contributed by atoms with Crippen molar-refractivity contribution >= 4 is 39.4 Å². The van der Waals surface area contributed by atoms with Gasteiger partial charge in [-0.05, 0) is 71.0 Å². The average Bonchev–Trinajstić information content (AvgIpc) is 3.12. The maximum atomic E-state index is 13.9. The number of primary sulfonamides is 1. The van der Waals surface area contributed by atoms with E-state index >= 15 is 0 Å². The Morgan fingerprint density at radius 1 is 0.882 bits per heavy atom. The molecule has 1 fully saturated rings. The minimum atomic E-state index is -3.76. The predicted octanol–water partition coefficient (Wildman–Crippen LogP) is 2.61. The molecule has 13 heteroatoms. The Morgan fingerprint density at radius 3 is 2.33 bits per heavy atom. The number of anilines is 1. The highest BCUT2D eigenvalue weighted by atomic mass is 32.2. The van der Waals surface area contributed by atoms with E-state index in [2.05, 4.69) is 15.6 Å². The van der Waals surface area contributed by atoms with Gasteiger partial charge in [-0.15, -0.1) is 0 Å². The third-order valence-corrected chi connectivity index (χ3v) is 9.99. The zero-order valence-electron chi connectivity index (χ0n) is 27.8. The van der Waals surface area contributed by atoms with Gasteiger partial charge in [0.2, 0.25) is 21.8 Å². The zero-order valence-corrected chi connectivity index (χ0v) is 28.6. The first-order chi connectivity index (χ1) is 24.5. The van der Waals surface area contributed by atoms with Gasteiger partial charge in [-0.1, -0.05) is 72.8 Å². The molecular weight excluding hydrogens is 667 g/mol. The summed E-state index contributed by atoms with van der Waals surface area (Å²) in [6.45, 7) is 1.34. The van der Waals surface area contributed by atoms with Crippen molar-refractivity contribution in [2.45, 2.75) is 37.2 Å². The highest BCUT2D eigenvalue weighted by Gasteiger charge is 2.47. The van der Waals surface area contributed by atoms with Gasteiger partial charge in [-0.3, -0.25) is 14.4 Å². The smallest absolute Gasteiger partial charge is 0.261 e. The van der Waals surface area contributed by atoms with Crippen LogP contribution >= 0.6 is 0 Å². The number of amides is 3. The molecule has 51 heavy (non-hydrogen) atoms. The maximum Gasteiger partial charge on any atom is 0.261 e. The molecule has 0 radical (unpaired) electrons. The first kappa shape index (κ1) is 35.1. The van der Waals surface area contributed by atoms with Crippen molar-refractivity contribution in [3.63, 3.8) is 0 Å². The number of carbonyl (C=O) groups is 3. The second kappa shape index (κ2) is 15.0. The van der Waals surface area contributed by atoms with E-state index in [0.717, 1.165) is 33.5 Å². The summed E-state index contributed by atoms with van der Waals surface area (Å²) in [4.78, 5) is 45.8. The van der Waals surface area contributed by atoms with Crippen LogP contribution in [0.5, 0.6) is 0 Å². The molecule has 2 aliphatic carbocycles. The predicted molar refractivity (Wildman–Crippen MR) is 195 cm³/mol. The SMILES string of the molecule is NC(N)=NCc1ccc(CNC2=C3C=CC=C4C(=O)N(c5cccc(CCC(=O)NCCc6ccc(S(N)(=O)=O)cc6)c5)C(=O)C(C=C2)C43)cc1. The second-order valence-electron chi connectivity index (χ2n) is 12.6. The van der Waals surface area contributed by atoms with Crippen molar-refractivity contribution < 1.29 is 22.8 Å². The van der Waals surface area contributed by atoms with Crippen LogP contribution in [0.15, 0.2) is 130 Å². The normalized spacial score (nSPS) is 17.9. The van der Waals surface area contributed by atoms with Gasteiger partial charge in [0.25, 0.3) is 5.91 Å². The molecule has 0 aromatic heterocycles. The van der Waals surface area contributed by atoms with E-state index in [1.165, 1.54) is 17.0 Å². The van der Waals surface area contributed by atoms with Crippen LogP contribution in [0.4, 0.5) is 5.69 Å². The number of sulfonamides is 1. The summed E-state index contributed by atoms with van der Waals surface area (Å²) in [7, 11) is -3.76. The highest BCUT2D eigenvalue weighted by Crippen LogP contribution is 2.44. The van der Waals surface area contributed by atoms with Gasteiger partial charge < -0.3 is 22.1 Å². The topological polar surface area (TPSA) is 203 Å². The van der Waals surface area contributed by atoms with E-state index in [1.807, 2.05) is 54.6 Å². The minimum Gasteiger partial charge on any atom is -0.381 e. The third-order valence-electron chi connectivity index (χ3n) is 9.06. The number of nitrogens with two attached hydrogens (primary N) is 3. The van der Waals surface area contributed by atoms with Crippen LogP contribution in [-0.2, 0) is 50.3 Å². The molecule has 3 aromatic carbocycles. The molecule has 8 N–H and O–H groups in total. The van der Waals surface area contributed by atoms with Crippen LogP contribution in [0.1, 0.15) is 28.7 Å². The number of aryl methyl sites for hydroxylation is 1. The van der Waals surface area contributed by atoms with E-state index in [0.29, 0.717) is 43.7 Å². The van der Waals surface area contributed by atoms with Gasteiger partial charge in [-0.25, -0.2) is 23.4 Å². The molecule has 6 rings (SSSR count). The Bertz CT molecular complexity index is 2110. The number of nitrogens with one attached hydrogen (secondary N) is 2. The van der Waals surface area contributed by atoms with Gasteiger partial charge in [0.15, 0.2) is 5.96 Å². The number of nitrogens with zero attached hydrogens (tertiary/aromatic N) is 2. The first-order valence-corrected chi connectivity index (χ1v) is 18.1. The molecule has 12 nitrogen and oxygen atoms in total. The number of benzene rings is 3. The van der Waals surface area contributed by atoms with Crippen molar-refractivity contribution in [1.82, 2.24) is 10.6 Å². The zero-order chi connectivity index (χ0) is 36.1. The summed E-state index contributed by atoms with van der Waals surface area (Å²) in [6, 6.07) is 21.3. The number of piperidine rings is 1. The van der Waals surface area contributed by atoms with Gasteiger partial charge >= 0.3 is 0 Å². The number of aliphatic imine (C=N–C) groups is 1. The average molecular weight is 706 g/mol. The maximum absolute atomic E-state index is 13.9. The molecule has 2 unspecified atom stereocenters. The monoisotopic (exact) mass is 705 g/mol. The summed E-state index contributed by atoms with van der Waals surface area (Å²) in [5.74, 6) is -1.69. The lowest BCUT2D eigenvalue weighted by molar-refractivity contribution is -0.129. The van der Waals surface area contributed by atoms with E-state index in [4.69, 9.17) is 16.6 Å². The van der Waals surface area contributed by atoms with Crippen LogP contribution in [-0.4, -0.2) is 38.6 Å². The summed E-state index contributed by atoms with van der Waals surface area (Å²) in [5.41, 5.74) is 17.4. The summed E-state index contributed by atoms with van der Waals surface area (Å²) in [6.07, 6.45) is 10.5. The van der Waals surface area contributed by atoms with Crippen LogP contribution in [0.3, 0.4) is 0 Å². The summed E-state index contributed by atoms with van der Waals surface area (Å²) >= 11 is 0. The molecule has 3 aromatic rings. The lowest BCUT2D eigenvalue weighted by Gasteiger charge is -2.41. The van der Waals surface area contributed by atoms with E-state index in [-0.39, 0.29) is 40.9 Å².